The first-order valence-electron chi connectivity index (χ1n) is 5.47. The fourth-order valence-electron chi connectivity index (χ4n) is 1.59. The number of anilines is 1. The molecule has 1 fully saturated rings. The third-order valence-electron chi connectivity index (χ3n) is 2.74. The van der Waals surface area contributed by atoms with E-state index in [2.05, 4.69) is 28.9 Å². The number of aromatic nitrogens is 2. The van der Waals surface area contributed by atoms with Crippen LogP contribution in [0.3, 0.4) is 0 Å². The van der Waals surface area contributed by atoms with Gasteiger partial charge < -0.3 is 5.73 Å². The van der Waals surface area contributed by atoms with Gasteiger partial charge in [0.15, 0.2) is 0 Å². The van der Waals surface area contributed by atoms with Gasteiger partial charge in [-0.3, -0.25) is 4.90 Å². The Hall–Kier alpha value is -0.680. The average molecular weight is 226 g/mol. The summed E-state index contributed by atoms with van der Waals surface area (Å²) in [4.78, 5) is 2.46. The van der Waals surface area contributed by atoms with Crippen LogP contribution in [0.15, 0.2) is 0 Å². The Kier molecular flexibility index (Phi) is 3.21. The molecule has 15 heavy (non-hydrogen) atoms. The number of nitrogen functional groups attached to an aromatic ring is 1. The number of nitrogens with two attached hydrogens (primary N) is 1. The standard InChI is InChI=1S/C10H18N4S/c1-7(2)14(5-8-3-4-8)6-9-12-13-10(11)15-9/h7-8H,3-6H2,1-2H3,(H2,11,13). The Morgan fingerprint density at radius 3 is 2.67 bits per heavy atom. The fourth-order valence-corrected chi connectivity index (χ4v) is 2.23. The SMILES string of the molecule is CC(C)N(Cc1nnc(N)s1)CC1CC1. The van der Waals surface area contributed by atoms with E-state index in [9.17, 15) is 0 Å². The molecule has 1 aliphatic rings. The first kappa shape index (κ1) is 10.8. The quantitative estimate of drug-likeness (QED) is 0.831. The van der Waals surface area contributed by atoms with E-state index in [1.165, 1.54) is 30.7 Å². The molecule has 0 unspecified atom stereocenters. The fraction of sp³-hybridized carbons (Fsp3) is 0.800. The van der Waals surface area contributed by atoms with E-state index >= 15 is 0 Å². The summed E-state index contributed by atoms with van der Waals surface area (Å²) in [5, 5.41) is 9.51. The summed E-state index contributed by atoms with van der Waals surface area (Å²) < 4.78 is 0. The van der Waals surface area contributed by atoms with Crippen LogP contribution in [0.4, 0.5) is 5.13 Å². The lowest BCUT2D eigenvalue weighted by Gasteiger charge is -2.24. The number of nitrogens with zero attached hydrogens (tertiary/aromatic N) is 3. The maximum Gasteiger partial charge on any atom is 0.203 e. The maximum absolute atomic E-state index is 5.57. The molecule has 0 radical (unpaired) electrons. The first-order chi connectivity index (χ1) is 7.15. The zero-order valence-corrected chi connectivity index (χ0v) is 10.1. The van der Waals surface area contributed by atoms with Crippen LogP contribution < -0.4 is 5.73 Å². The zero-order valence-electron chi connectivity index (χ0n) is 9.31. The molecule has 0 atom stereocenters. The Morgan fingerprint density at radius 2 is 2.20 bits per heavy atom. The minimum absolute atomic E-state index is 0.565. The monoisotopic (exact) mass is 226 g/mol. The number of rotatable bonds is 5. The van der Waals surface area contributed by atoms with Crippen molar-refractivity contribution in [3.63, 3.8) is 0 Å². The third kappa shape index (κ3) is 3.14. The molecule has 2 N–H and O–H groups in total. The minimum atomic E-state index is 0.565. The smallest absolute Gasteiger partial charge is 0.203 e. The van der Waals surface area contributed by atoms with E-state index in [-0.39, 0.29) is 0 Å². The van der Waals surface area contributed by atoms with Crippen LogP contribution in [-0.2, 0) is 6.54 Å². The van der Waals surface area contributed by atoms with Crippen LogP contribution in [0.5, 0.6) is 0 Å². The van der Waals surface area contributed by atoms with E-state index in [1.54, 1.807) is 0 Å². The van der Waals surface area contributed by atoms with E-state index in [4.69, 9.17) is 5.73 Å². The molecule has 1 saturated carbocycles. The summed E-state index contributed by atoms with van der Waals surface area (Å²) >= 11 is 1.49. The van der Waals surface area contributed by atoms with Crippen LogP contribution in [0.2, 0.25) is 0 Å². The zero-order chi connectivity index (χ0) is 10.8. The highest BCUT2D eigenvalue weighted by Crippen LogP contribution is 2.31. The molecule has 1 aromatic rings. The van der Waals surface area contributed by atoms with E-state index in [0.29, 0.717) is 11.2 Å². The van der Waals surface area contributed by atoms with Crippen molar-refractivity contribution in [3.8, 4) is 0 Å². The Balaban J connectivity index is 1.92. The van der Waals surface area contributed by atoms with E-state index in [1.807, 2.05) is 0 Å². The predicted octanol–water partition coefficient (Wildman–Crippen LogP) is 1.74. The Morgan fingerprint density at radius 1 is 1.47 bits per heavy atom. The van der Waals surface area contributed by atoms with E-state index in [0.717, 1.165) is 17.5 Å². The van der Waals surface area contributed by atoms with Gasteiger partial charge in [-0.2, -0.15) is 0 Å². The first-order valence-corrected chi connectivity index (χ1v) is 6.28. The lowest BCUT2D eigenvalue weighted by Crippen LogP contribution is -2.32. The molecule has 5 heteroatoms. The third-order valence-corrected chi connectivity index (χ3v) is 3.48. The lowest BCUT2D eigenvalue weighted by molar-refractivity contribution is 0.203. The molecule has 0 aromatic carbocycles. The highest BCUT2D eigenvalue weighted by Gasteiger charge is 2.25. The van der Waals surface area contributed by atoms with Crippen molar-refractivity contribution < 1.29 is 0 Å². The summed E-state index contributed by atoms with van der Waals surface area (Å²) in [5.74, 6) is 0.915. The van der Waals surface area contributed by atoms with Crippen molar-refractivity contribution >= 4 is 16.5 Å². The molecule has 4 nitrogen and oxygen atoms in total. The van der Waals surface area contributed by atoms with Crippen LogP contribution in [0.1, 0.15) is 31.7 Å². The lowest BCUT2D eigenvalue weighted by atomic mass is 10.3. The van der Waals surface area contributed by atoms with Gasteiger partial charge >= 0.3 is 0 Å². The van der Waals surface area contributed by atoms with Gasteiger partial charge in [-0.05, 0) is 32.6 Å². The van der Waals surface area contributed by atoms with Crippen molar-refractivity contribution in [2.24, 2.45) is 5.92 Å². The molecule has 0 bridgehead atoms. The van der Waals surface area contributed by atoms with Gasteiger partial charge in [0.25, 0.3) is 0 Å². The second-order valence-electron chi connectivity index (χ2n) is 4.50. The molecular formula is C10H18N4S. The molecule has 0 spiro atoms. The molecule has 0 amide bonds. The van der Waals surface area contributed by atoms with Crippen LogP contribution in [-0.4, -0.2) is 27.7 Å². The van der Waals surface area contributed by atoms with Crippen molar-refractivity contribution in [1.29, 1.82) is 0 Å². The van der Waals surface area contributed by atoms with Crippen LogP contribution in [0.25, 0.3) is 0 Å². The minimum Gasteiger partial charge on any atom is -0.374 e. The maximum atomic E-state index is 5.57. The summed E-state index contributed by atoms with van der Waals surface area (Å²) in [6.45, 7) is 6.54. The van der Waals surface area contributed by atoms with Gasteiger partial charge in [0.05, 0.1) is 6.54 Å². The molecule has 0 aliphatic heterocycles. The normalized spacial score (nSPS) is 16.5. The second kappa shape index (κ2) is 4.45. The molecule has 84 valence electrons. The Bertz CT molecular complexity index is 319. The molecule has 0 saturated heterocycles. The summed E-state index contributed by atoms with van der Waals surface area (Å²) in [6, 6.07) is 0.565. The molecule has 1 aromatic heterocycles. The van der Waals surface area contributed by atoms with E-state index < -0.39 is 0 Å². The number of hydrogen-bond donors (Lipinski definition) is 1. The largest absolute Gasteiger partial charge is 0.374 e. The van der Waals surface area contributed by atoms with Gasteiger partial charge in [0.1, 0.15) is 5.01 Å². The van der Waals surface area contributed by atoms with Gasteiger partial charge in [0, 0.05) is 12.6 Å². The van der Waals surface area contributed by atoms with Crippen LogP contribution in [0, 0.1) is 5.92 Å². The van der Waals surface area contributed by atoms with Gasteiger partial charge in [-0.1, -0.05) is 11.3 Å². The van der Waals surface area contributed by atoms with Crippen LogP contribution >= 0.6 is 11.3 Å². The predicted molar refractivity (Wildman–Crippen MR) is 62.6 cm³/mol. The molecule has 2 rings (SSSR count). The Labute approximate surface area is 94.5 Å². The summed E-state index contributed by atoms with van der Waals surface area (Å²) in [6.07, 6.45) is 2.78. The van der Waals surface area contributed by atoms with Gasteiger partial charge in [-0.25, -0.2) is 0 Å². The van der Waals surface area contributed by atoms with Crippen molar-refractivity contribution in [2.75, 3.05) is 12.3 Å². The highest BCUT2D eigenvalue weighted by atomic mass is 32.1. The van der Waals surface area contributed by atoms with Crippen molar-refractivity contribution in [2.45, 2.75) is 39.3 Å². The molecular weight excluding hydrogens is 208 g/mol. The molecule has 1 heterocycles. The van der Waals surface area contributed by atoms with Crippen molar-refractivity contribution in [3.05, 3.63) is 5.01 Å². The summed E-state index contributed by atoms with van der Waals surface area (Å²) in [5.41, 5.74) is 5.57. The topological polar surface area (TPSA) is 55.0 Å². The van der Waals surface area contributed by atoms with Crippen molar-refractivity contribution in [1.82, 2.24) is 15.1 Å². The second-order valence-corrected chi connectivity index (χ2v) is 5.59. The highest BCUT2D eigenvalue weighted by molar-refractivity contribution is 7.15. The average Bonchev–Trinajstić information content (AvgIpc) is 2.89. The summed E-state index contributed by atoms with van der Waals surface area (Å²) in [7, 11) is 0. The number of hydrogen-bond acceptors (Lipinski definition) is 5. The van der Waals surface area contributed by atoms with Gasteiger partial charge in [0.2, 0.25) is 5.13 Å². The molecule has 1 aliphatic carbocycles. The van der Waals surface area contributed by atoms with Gasteiger partial charge in [-0.15, -0.1) is 10.2 Å².